The molecule has 0 aromatic rings. The number of aliphatic hydroxyl groups is 3. The molecule has 36 heavy (non-hydrogen) atoms. The van der Waals surface area contributed by atoms with E-state index in [0.717, 1.165) is 32.1 Å². The second-order valence-electron chi connectivity index (χ2n) is 10.4. The standard InChI is InChI=1S/C31H59NO4/c1-3-5-7-9-11-13-15-16-18-20-22-24-28(34)26-31(36)32-29(27-33)30(35)25-23-21-19-17-14-12-10-8-6-4-2/h14,17,23,25,28-30,33-35H,3-13,15-16,18-22,24,26-27H2,1-2H3,(H,32,36)/b17-14+,25-23+. The zero-order chi connectivity index (χ0) is 26.7. The van der Waals surface area contributed by atoms with Crippen molar-refractivity contribution < 1.29 is 20.1 Å². The van der Waals surface area contributed by atoms with Gasteiger partial charge in [-0.15, -0.1) is 0 Å². The number of allylic oxidation sites excluding steroid dienone is 3. The summed E-state index contributed by atoms with van der Waals surface area (Å²) in [5.74, 6) is -0.330. The normalized spacial score (nSPS) is 14.5. The minimum atomic E-state index is -0.944. The molecule has 4 N–H and O–H groups in total. The van der Waals surface area contributed by atoms with Crippen molar-refractivity contribution in [2.45, 2.75) is 161 Å². The molecule has 0 aliphatic carbocycles. The third-order valence-electron chi connectivity index (χ3n) is 6.74. The molecule has 0 aromatic heterocycles. The van der Waals surface area contributed by atoms with Crippen LogP contribution in [-0.4, -0.2) is 46.1 Å². The number of aliphatic hydroxyl groups excluding tert-OH is 3. The Morgan fingerprint density at radius 1 is 0.694 bits per heavy atom. The van der Waals surface area contributed by atoms with Crippen LogP contribution in [0, 0.1) is 0 Å². The lowest BCUT2D eigenvalue weighted by Crippen LogP contribution is -2.45. The van der Waals surface area contributed by atoms with Crippen LogP contribution in [0.1, 0.15) is 142 Å². The molecule has 0 saturated carbocycles. The number of hydrogen-bond acceptors (Lipinski definition) is 4. The van der Waals surface area contributed by atoms with Crippen molar-refractivity contribution in [3.05, 3.63) is 24.3 Å². The molecule has 0 radical (unpaired) electrons. The third-order valence-corrected chi connectivity index (χ3v) is 6.74. The summed E-state index contributed by atoms with van der Waals surface area (Å²) in [5, 5.41) is 32.7. The number of rotatable bonds is 26. The van der Waals surface area contributed by atoms with Gasteiger partial charge < -0.3 is 20.6 Å². The summed E-state index contributed by atoms with van der Waals surface area (Å²) < 4.78 is 0. The molecule has 0 spiro atoms. The van der Waals surface area contributed by atoms with E-state index in [1.165, 1.54) is 83.5 Å². The van der Waals surface area contributed by atoms with E-state index in [4.69, 9.17) is 0 Å². The van der Waals surface area contributed by atoms with Gasteiger partial charge >= 0.3 is 0 Å². The monoisotopic (exact) mass is 509 g/mol. The van der Waals surface area contributed by atoms with Gasteiger partial charge in [0.25, 0.3) is 0 Å². The van der Waals surface area contributed by atoms with Crippen LogP contribution in [0.25, 0.3) is 0 Å². The van der Waals surface area contributed by atoms with Gasteiger partial charge in [0.2, 0.25) is 5.91 Å². The van der Waals surface area contributed by atoms with Gasteiger partial charge in [-0.25, -0.2) is 0 Å². The Labute approximate surface area is 222 Å². The van der Waals surface area contributed by atoms with Gasteiger partial charge in [0.1, 0.15) is 0 Å². The van der Waals surface area contributed by atoms with E-state index in [9.17, 15) is 20.1 Å². The number of carbonyl (C=O) groups is 1. The smallest absolute Gasteiger partial charge is 0.222 e. The van der Waals surface area contributed by atoms with Gasteiger partial charge in [-0.1, -0.05) is 128 Å². The minimum absolute atomic E-state index is 0.00768. The Morgan fingerprint density at radius 2 is 1.19 bits per heavy atom. The van der Waals surface area contributed by atoms with Crippen molar-refractivity contribution in [3.8, 4) is 0 Å². The van der Waals surface area contributed by atoms with Crippen LogP contribution >= 0.6 is 0 Å². The average Bonchev–Trinajstić information content (AvgIpc) is 2.86. The first-order chi connectivity index (χ1) is 17.5. The predicted octanol–water partition coefficient (Wildman–Crippen LogP) is 7.14. The fraction of sp³-hybridized carbons (Fsp3) is 0.839. The predicted molar refractivity (Wildman–Crippen MR) is 153 cm³/mol. The van der Waals surface area contributed by atoms with Crippen LogP contribution in [-0.2, 0) is 4.79 Å². The molecular formula is C31H59NO4. The second kappa shape index (κ2) is 26.9. The molecule has 3 atom stereocenters. The van der Waals surface area contributed by atoms with E-state index in [0.29, 0.717) is 6.42 Å². The highest BCUT2D eigenvalue weighted by Crippen LogP contribution is 2.13. The van der Waals surface area contributed by atoms with Crippen molar-refractivity contribution in [3.63, 3.8) is 0 Å². The summed E-state index contributed by atoms with van der Waals surface area (Å²) in [6.45, 7) is 4.12. The second-order valence-corrected chi connectivity index (χ2v) is 10.4. The number of amides is 1. The highest BCUT2D eigenvalue weighted by atomic mass is 16.3. The molecule has 0 aliphatic heterocycles. The Hall–Kier alpha value is -1.17. The van der Waals surface area contributed by atoms with Gasteiger partial charge in [-0.3, -0.25) is 4.79 Å². The molecule has 0 rings (SSSR count). The molecular weight excluding hydrogens is 450 g/mol. The summed E-state index contributed by atoms with van der Waals surface area (Å²) >= 11 is 0. The zero-order valence-corrected chi connectivity index (χ0v) is 23.6. The van der Waals surface area contributed by atoms with Crippen LogP contribution in [0.15, 0.2) is 24.3 Å². The fourth-order valence-electron chi connectivity index (χ4n) is 4.35. The molecule has 0 heterocycles. The largest absolute Gasteiger partial charge is 0.394 e. The summed E-state index contributed by atoms with van der Waals surface area (Å²) in [6.07, 6.45) is 28.7. The lowest BCUT2D eigenvalue weighted by atomic mass is 10.0. The maximum atomic E-state index is 12.2. The van der Waals surface area contributed by atoms with Crippen molar-refractivity contribution in [1.82, 2.24) is 5.32 Å². The number of hydrogen-bond donors (Lipinski definition) is 4. The fourth-order valence-corrected chi connectivity index (χ4v) is 4.35. The molecule has 0 fully saturated rings. The van der Waals surface area contributed by atoms with E-state index in [-0.39, 0.29) is 18.9 Å². The Morgan fingerprint density at radius 3 is 1.78 bits per heavy atom. The highest BCUT2D eigenvalue weighted by molar-refractivity contribution is 5.76. The molecule has 5 nitrogen and oxygen atoms in total. The first kappa shape index (κ1) is 34.8. The molecule has 0 bridgehead atoms. The Balaban J connectivity index is 3.87. The molecule has 5 heteroatoms. The average molecular weight is 510 g/mol. The molecule has 0 saturated heterocycles. The Kier molecular flexibility index (Phi) is 26.0. The number of unbranched alkanes of at least 4 members (excludes halogenated alkanes) is 15. The van der Waals surface area contributed by atoms with Crippen LogP contribution in [0.5, 0.6) is 0 Å². The van der Waals surface area contributed by atoms with Gasteiger partial charge in [0, 0.05) is 0 Å². The summed E-state index contributed by atoms with van der Waals surface area (Å²) in [7, 11) is 0. The van der Waals surface area contributed by atoms with Crippen LogP contribution < -0.4 is 5.32 Å². The van der Waals surface area contributed by atoms with E-state index in [1.54, 1.807) is 6.08 Å². The van der Waals surface area contributed by atoms with E-state index < -0.39 is 18.2 Å². The van der Waals surface area contributed by atoms with Crippen molar-refractivity contribution in [1.29, 1.82) is 0 Å². The molecule has 1 amide bonds. The van der Waals surface area contributed by atoms with Crippen LogP contribution in [0.3, 0.4) is 0 Å². The van der Waals surface area contributed by atoms with Crippen LogP contribution in [0.4, 0.5) is 0 Å². The zero-order valence-electron chi connectivity index (χ0n) is 23.6. The van der Waals surface area contributed by atoms with Crippen LogP contribution in [0.2, 0.25) is 0 Å². The first-order valence-electron chi connectivity index (χ1n) is 15.1. The minimum Gasteiger partial charge on any atom is -0.394 e. The topological polar surface area (TPSA) is 89.8 Å². The van der Waals surface area contributed by atoms with E-state index >= 15 is 0 Å². The first-order valence-corrected chi connectivity index (χ1v) is 15.1. The van der Waals surface area contributed by atoms with Gasteiger partial charge in [-0.2, -0.15) is 0 Å². The third kappa shape index (κ3) is 23.2. The summed E-state index contributed by atoms with van der Waals surface area (Å²) in [6, 6.07) is -0.753. The molecule has 212 valence electrons. The molecule has 0 aliphatic rings. The maximum absolute atomic E-state index is 12.2. The van der Waals surface area contributed by atoms with Crippen molar-refractivity contribution >= 4 is 5.91 Å². The van der Waals surface area contributed by atoms with Gasteiger partial charge in [0.15, 0.2) is 0 Å². The van der Waals surface area contributed by atoms with Crippen molar-refractivity contribution in [2.75, 3.05) is 6.61 Å². The summed E-state index contributed by atoms with van der Waals surface area (Å²) in [5.41, 5.74) is 0. The number of carbonyl (C=O) groups excluding carboxylic acids is 1. The molecule has 3 unspecified atom stereocenters. The van der Waals surface area contributed by atoms with E-state index in [2.05, 4.69) is 31.3 Å². The number of nitrogens with one attached hydrogen (secondary N) is 1. The Bertz CT molecular complexity index is 535. The summed E-state index contributed by atoms with van der Waals surface area (Å²) in [4.78, 5) is 12.2. The van der Waals surface area contributed by atoms with E-state index in [1.807, 2.05) is 6.08 Å². The van der Waals surface area contributed by atoms with Gasteiger partial charge in [-0.05, 0) is 32.1 Å². The quantitative estimate of drug-likeness (QED) is 0.0737. The van der Waals surface area contributed by atoms with Crippen molar-refractivity contribution in [2.24, 2.45) is 0 Å². The molecule has 0 aromatic carbocycles. The SMILES string of the molecule is CCCCCC/C=C/CC/C=C/C(O)C(CO)NC(=O)CC(O)CCCCCCCCCCCCC. The van der Waals surface area contributed by atoms with Gasteiger partial charge in [0.05, 0.1) is 31.3 Å². The highest BCUT2D eigenvalue weighted by Gasteiger charge is 2.19. The lowest BCUT2D eigenvalue weighted by molar-refractivity contribution is -0.124. The lowest BCUT2D eigenvalue weighted by Gasteiger charge is -2.21. The maximum Gasteiger partial charge on any atom is 0.222 e.